The molecular weight excluding hydrogens is 206 g/mol. The summed E-state index contributed by atoms with van der Waals surface area (Å²) in [6, 6.07) is 9.25. The van der Waals surface area contributed by atoms with Crippen LogP contribution in [0.2, 0.25) is 0 Å². The second-order valence-electron chi connectivity index (χ2n) is 4.55. The molecule has 0 spiro atoms. The quantitative estimate of drug-likeness (QED) is 0.731. The number of nitrogens with one attached hydrogen (secondary N) is 1. The van der Waals surface area contributed by atoms with Gasteiger partial charge in [0.2, 0.25) is 0 Å². The van der Waals surface area contributed by atoms with Gasteiger partial charge in [0, 0.05) is 6.04 Å². The maximum atomic E-state index is 5.55. The van der Waals surface area contributed by atoms with Crippen molar-refractivity contribution in [3.05, 3.63) is 35.4 Å². The highest BCUT2D eigenvalue weighted by molar-refractivity contribution is 5.24. The average Bonchev–Trinajstić information content (AvgIpc) is 2.36. The summed E-state index contributed by atoms with van der Waals surface area (Å²) >= 11 is 0. The molecule has 92 valence electrons. The first-order chi connectivity index (χ1) is 8.21. The van der Waals surface area contributed by atoms with Crippen LogP contribution in [0.5, 0.6) is 0 Å². The molecule has 2 atom stereocenters. The lowest BCUT2D eigenvalue weighted by Crippen LogP contribution is -2.31. The Labute approximate surface area is 106 Å². The van der Waals surface area contributed by atoms with Gasteiger partial charge in [0.25, 0.3) is 0 Å². The van der Waals surface area contributed by atoms with Crippen LogP contribution in [-0.4, -0.2) is 6.04 Å². The van der Waals surface area contributed by atoms with Gasteiger partial charge in [-0.05, 0) is 25.3 Å². The molecule has 1 aromatic rings. The maximum absolute atomic E-state index is 5.55. The van der Waals surface area contributed by atoms with Gasteiger partial charge in [0.15, 0.2) is 0 Å². The van der Waals surface area contributed by atoms with Crippen LogP contribution in [0, 0.1) is 19.3 Å². The first kappa shape index (κ1) is 13.8. The van der Waals surface area contributed by atoms with Crippen molar-refractivity contribution in [1.82, 2.24) is 5.32 Å². The Bertz CT molecular complexity index is 358. The van der Waals surface area contributed by atoms with Crippen LogP contribution in [0.15, 0.2) is 24.3 Å². The molecular formula is C16H23N. The molecule has 0 aliphatic rings. The van der Waals surface area contributed by atoms with Crippen molar-refractivity contribution in [2.45, 2.75) is 52.1 Å². The molecule has 0 saturated carbocycles. The fourth-order valence-electron chi connectivity index (χ4n) is 1.99. The van der Waals surface area contributed by atoms with Crippen LogP contribution in [0.1, 0.15) is 50.3 Å². The molecule has 0 saturated heterocycles. The first-order valence-corrected chi connectivity index (χ1v) is 6.50. The molecule has 0 aliphatic carbocycles. The minimum absolute atomic E-state index is 0.186. The number of rotatable bonds is 6. The minimum atomic E-state index is 0.186. The lowest BCUT2D eigenvalue weighted by molar-refractivity contribution is 0.460. The Kier molecular flexibility index (Phi) is 5.80. The molecule has 0 bridgehead atoms. The Balaban J connectivity index is 2.71. The zero-order valence-corrected chi connectivity index (χ0v) is 11.2. The number of terminal acetylenes is 1. The fourth-order valence-corrected chi connectivity index (χ4v) is 1.99. The third-order valence-electron chi connectivity index (χ3n) is 3.07. The second-order valence-corrected chi connectivity index (χ2v) is 4.55. The van der Waals surface area contributed by atoms with E-state index in [2.05, 4.69) is 56.3 Å². The van der Waals surface area contributed by atoms with Gasteiger partial charge in [-0.3, -0.25) is 5.32 Å². The van der Waals surface area contributed by atoms with E-state index in [9.17, 15) is 0 Å². The van der Waals surface area contributed by atoms with Crippen LogP contribution in [-0.2, 0) is 0 Å². The standard InChI is InChI=1S/C16H23N/c1-5-8-15(6-2)17-16(7-3)14-11-9-13(4)10-12-14/h2,9-12,15-17H,5,7-8H2,1,3-4H3. The van der Waals surface area contributed by atoms with Crippen LogP contribution < -0.4 is 5.32 Å². The second kappa shape index (κ2) is 7.14. The van der Waals surface area contributed by atoms with E-state index in [-0.39, 0.29) is 6.04 Å². The Morgan fingerprint density at radius 2 is 1.88 bits per heavy atom. The van der Waals surface area contributed by atoms with E-state index < -0.39 is 0 Å². The minimum Gasteiger partial charge on any atom is -0.297 e. The van der Waals surface area contributed by atoms with E-state index in [1.54, 1.807) is 0 Å². The third-order valence-corrected chi connectivity index (χ3v) is 3.07. The highest BCUT2D eigenvalue weighted by Gasteiger charge is 2.12. The molecule has 0 fully saturated rings. The van der Waals surface area contributed by atoms with E-state index in [1.165, 1.54) is 11.1 Å². The van der Waals surface area contributed by atoms with Gasteiger partial charge >= 0.3 is 0 Å². The summed E-state index contributed by atoms with van der Waals surface area (Å²) in [6.07, 6.45) is 8.77. The van der Waals surface area contributed by atoms with Crippen LogP contribution in [0.4, 0.5) is 0 Å². The Morgan fingerprint density at radius 1 is 1.24 bits per heavy atom. The van der Waals surface area contributed by atoms with E-state index in [0.717, 1.165) is 19.3 Å². The van der Waals surface area contributed by atoms with Gasteiger partial charge in [0.05, 0.1) is 6.04 Å². The SMILES string of the molecule is C#CC(CCC)NC(CC)c1ccc(C)cc1. The van der Waals surface area contributed by atoms with Gasteiger partial charge in [0.1, 0.15) is 0 Å². The molecule has 0 heterocycles. The van der Waals surface area contributed by atoms with Crippen LogP contribution in [0.3, 0.4) is 0 Å². The van der Waals surface area contributed by atoms with Gasteiger partial charge < -0.3 is 0 Å². The van der Waals surface area contributed by atoms with E-state index in [1.807, 2.05) is 0 Å². The van der Waals surface area contributed by atoms with Crippen molar-refractivity contribution in [3.8, 4) is 12.3 Å². The molecule has 1 heteroatoms. The van der Waals surface area contributed by atoms with Crippen LogP contribution >= 0.6 is 0 Å². The maximum Gasteiger partial charge on any atom is 0.0691 e. The Morgan fingerprint density at radius 3 is 2.35 bits per heavy atom. The summed E-state index contributed by atoms with van der Waals surface area (Å²) in [7, 11) is 0. The van der Waals surface area contributed by atoms with Crippen LogP contribution in [0.25, 0.3) is 0 Å². The summed E-state index contributed by atoms with van der Waals surface area (Å²) in [5.41, 5.74) is 2.63. The summed E-state index contributed by atoms with van der Waals surface area (Å²) in [6.45, 7) is 6.47. The molecule has 17 heavy (non-hydrogen) atoms. The van der Waals surface area contributed by atoms with Crippen molar-refractivity contribution in [2.75, 3.05) is 0 Å². The van der Waals surface area contributed by atoms with E-state index in [0.29, 0.717) is 6.04 Å². The average molecular weight is 229 g/mol. The number of aryl methyl sites for hydroxylation is 1. The predicted molar refractivity (Wildman–Crippen MR) is 74.9 cm³/mol. The third kappa shape index (κ3) is 4.24. The van der Waals surface area contributed by atoms with Gasteiger partial charge in [-0.1, -0.05) is 56.0 Å². The highest BCUT2D eigenvalue weighted by Crippen LogP contribution is 2.18. The summed E-state index contributed by atoms with van der Waals surface area (Å²) in [5.74, 6) is 2.84. The number of benzene rings is 1. The van der Waals surface area contributed by atoms with Crippen molar-refractivity contribution in [3.63, 3.8) is 0 Å². The van der Waals surface area contributed by atoms with Crippen molar-refractivity contribution >= 4 is 0 Å². The van der Waals surface area contributed by atoms with Gasteiger partial charge in [-0.15, -0.1) is 6.42 Å². The number of hydrogen-bond donors (Lipinski definition) is 1. The number of hydrogen-bond acceptors (Lipinski definition) is 1. The first-order valence-electron chi connectivity index (χ1n) is 6.50. The smallest absolute Gasteiger partial charge is 0.0691 e. The normalized spacial score (nSPS) is 14.0. The fraction of sp³-hybridized carbons (Fsp3) is 0.500. The van der Waals surface area contributed by atoms with Crippen molar-refractivity contribution in [1.29, 1.82) is 0 Å². The summed E-state index contributed by atoms with van der Waals surface area (Å²) in [4.78, 5) is 0. The molecule has 2 unspecified atom stereocenters. The van der Waals surface area contributed by atoms with Crippen molar-refractivity contribution < 1.29 is 0 Å². The Hall–Kier alpha value is -1.26. The van der Waals surface area contributed by atoms with Gasteiger partial charge in [-0.2, -0.15) is 0 Å². The molecule has 0 radical (unpaired) electrons. The predicted octanol–water partition coefficient (Wildman–Crippen LogP) is 3.84. The molecule has 1 N–H and O–H groups in total. The van der Waals surface area contributed by atoms with E-state index >= 15 is 0 Å². The van der Waals surface area contributed by atoms with Gasteiger partial charge in [-0.25, -0.2) is 0 Å². The molecule has 1 aromatic carbocycles. The largest absolute Gasteiger partial charge is 0.297 e. The highest BCUT2D eigenvalue weighted by atomic mass is 14.9. The molecule has 0 aliphatic heterocycles. The lowest BCUT2D eigenvalue weighted by Gasteiger charge is -2.22. The molecule has 0 amide bonds. The molecule has 0 aromatic heterocycles. The van der Waals surface area contributed by atoms with Crippen molar-refractivity contribution in [2.24, 2.45) is 0 Å². The van der Waals surface area contributed by atoms with E-state index in [4.69, 9.17) is 6.42 Å². The summed E-state index contributed by atoms with van der Waals surface area (Å²) in [5, 5.41) is 3.55. The molecule has 1 rings (SSSR count). The zero-order chi connectivity index (χ0) is 12.7. The summed E-state index contributed by atoms with van der Waals surface area (Å²) < 4.78 is 0. The topological polar surface area (TPSA) is 12.0 Å². The zero-order valence-electron chi connectivity index (χ0n) is 11.2. The lowest BCUT2D eigenvalue weighted by atomic mass is 10.0. The molecule has 1 nitrogen and oxygen atoms in total. The monoisotopic (exact) mass is 229 g/mol.